The number of rotatable bonds is 5. The number of sulfonamides is 1. The minimum atomic E-state index is -3.38. The van der Waals surface area contributed by atoms with Crippen LogP contribution in [-0.2, 0) is 16.4 Å². The summed E-state index contributed by atoms with van der Waals surface area (Å²) in [6, 6.07) is 1.16. The predicted octanol–water partition coefficient (Wildman–Crippen LogP) is 2.49. The first kappa shape index (κ1) is 24.9. The van der Waals surface area contributed by atoms with Crippen LogP contribution < -0.4 is 16.0 Å². The summed E-state index contributed by atoms with van der Waals surface area (Å²) in [6.45, 7) is 5.05. The first-order chi connectivity index (χ1) is 16.0. The number of aromatic nitrogens is 2. The number of hydrogen-bond acceptors (Lipinski definition) is 8. The number of halogens is 2. The van der Waals surface area contributed by atoms with E-state index in [0.29, 0.717) is 36.3 Å². The molecule has 2 aliphatic heterocycles. The third-order valence-corrected chi connectivity index (χ3v) is 8.24. The van der Waals surface area contributed by atoms with E-state index in [2.05, 4.69) is 27.1 Å². The Hall–Kier alpha value is -2.21. The van der Waals surface area contributed by atoms with Crippen LogP contribution in [-0.4, -0.2) is 71.9 Å². The van der Waals surface area contributed by atoms with E-state index in [4.69, 9.17) is 17.3 Å². The highest BCUT2D eigenvalue weighted by molar-refractivity contribution is 7.88. The fourth-order valence-corrected chi connectivity index (χ4v) is 5.90. The van der Waals surface area contributed by atoms with Gasteiger partial charge < -0.3 is 21.1 Å². The van der Waals surface area contributed by atoms with Crippen molar-refractivity contribution in [1.29, 1.82) is 0 Å². The van der Waals surface area contributed by atoms with Gasteiger partial charge in [-0.2, -0.15) is 4.31 Å². The van der Waals surface area contributed by atoms with Crippen molar-refractivity contribution in [2.24, 2.45) is 0 Å². The molecule has 2 aliphatic rings. The average molecular weight is 513 g/mol. The van der Waals surface area contributed by atoms with Crippen molar-refractivity contribution in [2.45, 2.75) is 51.3 Å². The largest absolute Gasteiger partial charge is 0.395 e. The van der Waals surface area contributed by atoms with Crippen molar-refractivity contribution in [2.75, 3.05) is 41.8 Å². The lowest BCUT2D eigenvalue weighted by molar-refractivity contribution is 0.0950. The number of benzene rings is 1. The molecule has 4 N–H and O–H groups in total. The van der Waals surface area contributed by atoms with Crippen LogP contribution in [0.1, 0.15) is 32.3 Å². The third kappa shape index (κ3) is 4.66. The molecule has 3 unspecified atom stereocenters. The second-order valence-electron chi connectivity index (χ2n) is 8.94. The molecule has 1 fully saturated rings. The minimum absolute atomic E-state index is 0.0152. The number of aliphatic hydroxyl groups excluding tert-OH is 1. The lowest BCUT2D eigenvalue weighted by Gasteiger charge is -2.38. The van der Waals surface area contributed by atoms with Gasteiger partial charge in [0.1, 0.15) is 5.82 Å². The summed E-state index contributed by atoms with van der Waals surface area (Å²) in [5.74, 6) is -0.312. The quantitative estimate of drug-likeness (QED) is 0.522. The van der Waals surface area contributed by atoms with Gasteiger partial charge in [-0.3, -0.25) is 0 Å². The van der Waals surface area contributed by atoms with Crippen molar-refractivity contribution in [1.82, 2.24) is 14.3 Å². The molecule has 0 radical (unpaired) electrons. The zero-order valence-corrected chi connectivity index (χ0v) is 21.0. The number of anilines is 3. The van der Waals surface area contributed by atoms with Crippen molar-refractivity contribution >= 4 is 38.9 Å². The Morgan fingerprint density at radius 1 is 1.38 bits per heavy atom. The monoisotopic (exact) mass is 512 g/mol. The van der Waals surface area contributed by atoms with E-state index in [9.17, 15) is 17.9 Å². The Kier molecular flexibility index (Phi) is 6.92. The van der Waals surface area contributed by atoms with Gasteiger partial charge in [-0.15, -0.1) is 0 Å². The standard InChI is InChI=1S/C22H30ClFN6O3S/c1-4-30-12(2)5-6-13-14(9-16(24)19(25)21(13)30)20-15(23)10-26-22(28-20)27-17-7-8-29(11-18(17)31)34(3,32)33/h9-10,12,17-18,31H,4-8,11,25H2,1-3H3,(H,26,27,28). The highest BCUT2D eigenvalue weighted by atomic mass is 35.5. The van der Waals surface area contributed by atoms with E-state index >= 15 is 0 Å². The van der Waals surface area contributed by atoms with Crippen LogP contribution in [0.2, 0.25) is 5.02 Å². The summed E-state index contributed by atoms with van der Waals surface area (Å²) >= 11 is 6.46. The van der Waals surface area contributed by atoms with E-state index in [1.54, 1.807) is 0 Å². The summed E-state index contributed by atoms with van der Waals surface area (Å²) in [6.07, 6.45) is 3.59. The van der Waals surface area contributed by atoms with Crippen LogP contribution in [0.4, 0.5) is 21.7 Å². The van der Waals surface area contributed by atoms with Gasteiger partial charge in [-0.25, -0.2) is 22.8 Å². The zero-order valence-electron chi connectivity index (χ0n) is 19.4. The minimum Gasteiger partial charge on any atom is -0.395 e. The number of nitrogens with two attached hydrogens (primary N) is 1. The summed E-state index contributed by atoms with van der Waals surface area (Å²) in [7, 11) is -3.38. The van der Waals surface area contributed by atoms with Crippen LogP contribution in [0.15, 0.2) is 12.3 Å². The van der Waals surface area contributed by atoms with E-state index < -0.39 is 28.0 Å². The number of β-amino-alcohol motifs (C(OH)–C–C–N with tert-alkyl or cyclic N) is 1. The first-order valence-corrected chi connectivity index (χ1v) is 13.5. The number of nitrogen functional groups attached to an aromatic ring is 1. The molecule has 186 valence electrons. The summed E-state index contributed by atoms with van der Waals surface area (Å²) in [5.41, 5.74) is 8.80. The third-order valence-electron chi connectivity index (χ3n) is 6.69. The van der Waals surface area contributed by atoms with E-state index in [1.165, 1.54) is 16.6 Å². The van der Waals surface area contributed by atoms with E-state index in [1.807, 2.05) is 6.92 Å². The van der Waals surface area contributed by atoms with Crippen molar-refractivity contribution in [3.8, 4) is 11.3 Å². The average Bonchev–Trinajstić information content (AvgIpc) is 2.78. The summed E-state index contributed by atoms with van der Waals surface area (Å²) in [5, 5.41) is 13.9. The van der Waals surface area contributed by atoms with Crippen molar-refractivity contribution < 1.29 is 17.9 Å². The molecule has 3 atom stereocenters. The van der Waals surface area contributed by atoms with Gasteiger partial charge in [-0.05, 0) is 44.7 Å². The van der Waals surface area contributed by atoms with Gasteiger partial charge in [0, 0.05) is 31.2 Å². The lowest BCUT2D eigenvalue weighted by atomic mass is 9.90. The Morgan fingerprint density at radius 3 is 2.76 bits per heavy atom. The molecular formula is C22H30ClFN6O3S. The number of nitrogens with zero attached hydrogens (tertiary/aromatic N) is 4. The van der Waals surface area contributed by atoms with Gasteiger partial charge in [0.15, 0.2) is 0 Å². The Balaban J connectivity index is 1.68. The smallest absolute Gasteiger partial charge is 0.223 e. The molecule has 0 amide bonds. The maximum atomic E-state index is 14.9. The Morgan fingerprint density at radius 2 is 2.12 bits per heavy atom. The molecule has 4 rings (SSSR count). The molecule has 1 aromatic carbocycles. The van der Waals surface area contributed by atoms with Crippen LogP contribution >= 0.6 is 11.6 Å². The molecule has 0 aliphatic carbocycles. The number of nitrogens with one attached hydrogen (secondary N) is 1. The SMILES string of the molecule is CCN1c2c(N)c(F)cc(-c3nc(NC4CCN(S(C)(=O)=O)CC4O)ncc3Cl)c2CCC1C. The number of piperidine rings is 1. The fraction of sp³-hybridized carbons (Fsp3) is 0.545. The lowest BCUT2D eigenvalue weighted by Crippen LogP contribution is -2.51. The van der Waals surface area contributed by atoms with Gasteiger partial charge in [0.2, 0.25) is 16.0 Å². The molecule has 0 saturated carbocycles. The second kappa shape index (κ2) is 9.44. The molecule has 0 bridgehead atoms. The summed E-state index contributed by atoms with van der Waals surface area (Å²) < 4.78 is 39.7. The van der Waals surface area contributed by atoms with Gasteiger partial charge in [0.25, 0.3) is 0 Å². The maximum absolute atomic E-state index is 14.9. The van der Waals surface area contributed by atoms with Crippen LogP contribution in [0.25, 0.3) is 11.3 Å². The van der Waals surface area contributed by atoms with Gasteiger partial charge in [-0.1, -0.05) is 11.6 Å². The summed E-state index contributed by atoms with van der Waals surface area (Å²) in [4.78, 5) is 10.9. The first-order valence-electron chi connectivity index (χ1n) is 11.3. The molecule has 1 aromatic heterocycles. The highest BCUT2D eigenvalue weighted by Gasteiger charge is 2.33. The van der Waals surface area contributed by atoms with Gasteiger partial charge in [0.05, 0.1) is 46.7 Å². The maximum Gasteiger partial charge on any atom is 0.223 e. The van der Waals surface area contributed by atoms with Crippen LogP contribution in [0.3, 0.4) is 0 Å². The number of aliphatic hydroxyl groups is 1. The normalized spacial score (nSPS) is 23.6. The van der Waals surface area contributed by atoms with E-state index in [0.717, 1.165) is 18.2 Å². The molecule has 3 heterocycles. The molecule has 9 nitrogen and oxygen atoms in total. The molecule has 34 heavy (non-hydrogen) atoms. The molecule has 2 aromatic rings. The fourth-order valence-electron chi connectivity index (χ4n) is 4.85. The Bertz CT molecular complexity index is 1200. The van der Waals surface area contributed by atoms with Crippen LogP contribution in [0.5, 0.6) is 0 Å². The topological polar surface area (TPSA) is 125 Å². The molecule has 12 heteroatoms. The molecule has 0 spiro atoms. The predicted molar refractivity (Wildman–Crippen MR) is 132 cm³/mol. The zero-order chi connectivity index (χ0) is 24.8. The molecule has 1 saturated heterocycles. The van der Waals surface area contributed by atoms with Crippen molar-refractivity contribution in [3.63, 3.8) is 0 Å². The van der Waals surface area contributed by atoms with Crippen LogP contribution in [0, 0.1) is 5.82 Å². The van der Waals surface area contributed by atoms with Gasteiger partial charge >= 0.3 is 0 Å². The Labute approximate surface area is 204 Å². The van der Waals surface area contributed by atoms with E-state index in [-0.39, 0.29) is 35.8 Å². The number of fused-ring (bicyclic) bond motifs is 1. The number of hydrogen-bond donors (Lipinski definition) is 3. The molecular weight excluding hydrogens is 483 g/mol. The highest BCUT2D eigenvalue weighted by Crippen LogP contribution is 2.43. The second-order valence-corrected chi connectivity index (χ2v) is 11.3. The van der Waals surface area contributed by atoms with Crippen molar-refractivity contribution in [3.05, 3.63) is 28.7 Å².